The van der Waals surface area contributed by atoms with E-state index in [1.54, 1.807) is 18.2 Å². The van der Waals surface area contributed by atoms with Crippen molar-refractivity contribution in [3.63, 3.8) is 0 Å². The molecule has 0 aliphatic carbocycles. The predicted molar refractivity (Wildman–Crippen MR) is 101 cm³/mol. The first kappa shape index (κ1) is 19.7. The van der Waals surface area contributed by atoms with Crippen LogP contribution in [0.2, 0.25) is 4.34 Å². The second kappa shape index (κ2) is 9.21. The standard InChI is InChI=1S/C17H17ClN2O5S/c1-24-14-9-11(13(20(22)23)10-15(14)25-2)7-8-19-17(21)6-4-12-3-5-16(18)26-12/h3-6,9-10H,7-8H2,1-2H3,(H,19,21)/b6-4+. The molecule has 2 rings (SSSR count). The topological polar surface area (TPSA) is 90.7 Å². The van der Waals surface area contributed by atoms with Crippen LogP contribution in [0.5, 0.6) is 11.5 Å². The van der Waals surface area contributed by atoms with Gasteiger partial charge < -0.3 is 14.8 Å². The summed E-state index contributed by atoms with van der Waals surface area (Å²) in [4.78, 5) is 23.5. The summed E-state index contributed by atoms with van der Waals surface area (Å²) in [6, 6.07) is 6.42. The minimum Gasteiger partial charge on any atom is -0.493 e. The summed E-state index contributed by atoms with van der Waals surface area (Å²) in [6.07, 6.45) is 3.33. The molecule has 0 spiro atoms. The Balaban J connectivity index is 2.00. The van der Waals surface area contributed by atoms with Crippen LogP contribution in [0.3, 0.4) is 0 Å². The Bertz CT molecular complexity index is 835. The Morgan fingerprint density at radius 1 is 1.31 bits per heavy atom. The molecule has 138 valence electrons. The van der Waals surface area contributed by atoms with Crippen LogP contribution in [0.15, 0.2) is 30.3 Å². The first-order valence-corrected chi connectivity index (χ1v) is 8.74. The van der Waals surface area contributed by atoms with Gasteiger partial charge in [0, 0.05) is 23.1 Å². The van der Waals surface area contributed by atoms with Gasteiger partial charge in [0.15, 0.2) is 11.5 Å². The van der Waals surface area contributed by atoms with Gasteiger partial charge in [-0.2, -0.15) is 0 Å². The van der Waals surface area contributed by atoms with Gasteiger partial charge in [-0.15, -0.1) is 11.3 Å². The Morgan fingerprint density at radius 3 is 2.58 bits per heavy atom. The average Bonchev–Trinajstić information content (AvgIpc) is 3.04. The monoisotopic (exact) mass is 396 g/mol. The Morgan fingerprint density at radius 2 is 2.00 bits per heavy atom. The number of thiophene rings is 1. The van der Waals surface area contributed by atoms with Crippen LogP contribution >= 0.6 is 22.9 Å². The number of carbonyl (C=O) groups is 1. The number of methoxy groups -OCH3 is 2. The highest BCUT2D eigenvalue weighted by Gasteiger charge is 2.19. The SMILES string of the molecule is COc1cc(CCNC(=O)/C=C/c2ccc(Cl)s2)c([N+](=O)[O-])cc1OC. The third kappa shape index (κ3) is 5.21. The molecule has 0 unspecified atom stereocenters. The number of carbonyl (C=O) groups excluding carboxylic acids is 1. The second-order valence-corrected chi connectivity index (χ2v) is 6.86. The molecule has 0 bridgehead atoms. The minimum atomic E-state index is -0.487. The molecule has 0 saturated carbocycles. The highest BCUT2D eigenvalue weighted by atomic mass is 35.5. The summed E-state index contributed by atoms with van der Waals surface area (Å²) in [7, 11) is 2.87. The van der Waals surface area contributed by atoms with E-state index in [1.165, 1.54) is 37.7 Å². The van der Waals surface area contributed by atoms with Gasteiger partial charge in [0.25, 0.3) is 5.69 Å². The van der Waals surface area contributed by atoms with Gasteiger partial charge in [-0.05, 0) is 30.7 Å². The highest BCUT2D eigenvalue weighted by Crippen LogP contribution is 2.34. The fourth-order valence-corrected chi connectivity index (χ4v) is 3.20. The maximum absolute atomic E-state index is 11.9. The van der Waals surface area contributed by atoms with E-state index in [4.69, 9.17) is 21.1 Å². The van der Waals surface area contributed by atoms with Crippen molar-refractivity contribution in [3.8, 4) is 11.5 Å². The molecule has 1 amide bonds. The van der Waals surface area contributed by atoms with E-state index >= 15 is 0 Å². The zero-order valence-corrected chi connectivity index (χ0v) is 15.7. The van der Waals surface area contributed by atoms with E-state index in [9.17, 15) is 14.9 Å². The van der Waals surface area contributed by atoms with E-state index in [0.29, 0.717) is 15.6 Å². The summed E-state index contributed by atoms with van der Waals surface area (Å²) in [5, 5.41) is 13.9. The average molecular weight is 397 g/mol. The molecule has 0 aliphatic heterocycles. The van der Waals surface area contributed by atoms with Gasteiger partial charge in [0.05, 0.1) is 29.5 Å². The van der Waals surface area contributed by atoms with Crippen LogP contribution in [0, 0.1) is 10.1 Å². The van der Waals surface area contributed by atoms with Crippen molar-refractivity contribution in [2.45, 2.75) is 6.42 Å². The molecule has 0 radical (unpaired) electrons. The van der Waals surface area contributed by atoms with E-state index in [1.807, 2.05) is 6.07 Å². The molecule has 0 fully saturated rings. The Hall–Kier alpha value is -2.58. The number of halogens is 1. The summed E-state index contributed by atoms with van der Waals surface area (Å²) in [5.74, 6) is 0.385. The fourth-order valence-electron chi connectivity index (χ4n) is 2.24. The summed E-state index contributed by atoms with van der Waals surface area (Å²) in [5.41, 5.74) is 0.364. The lowest BCUT2D eigenvalue weighted by molar-refractivity contribution is -0.385. The van der Waals surface area contributed by atoms with Gasteiger partial charge >= 0.3 is 0 Å². The van der Waals surface area contributed by atoms with Crippen molar-refractivity contribution < 1.29 is 19.2 Å². The number of amides is 1. The number of hydrogen-bond acceptors (Lipinski definition) is 6. The number of nitro benzene ring substituents is 1. The zero-order valence-electron chi connectivity index (χ0n) is 14.2. The molecule has 0 saturated heterocycles. The Labute approximate surface area is 159 Å². The molecule has 26 heavy (non-hydrogen) atoms. The lowest BCUT2D eigenvalue weighted by Crippen LogP contribution is -2.23. The maximum atomic E-state index is 11.9. The first-order valence-electron chi connectivity index (χ1n) is 7.55. The van der Waals surface area contributed by atoms with Gasteiger partial charge in [-0.1, -0.05) is 11.6 Å². The summed E-state index contributed by atoms with van der Waals surface area (Å²) >= 11 is 7.18. The fraction of sp³-hybridized carbons (Fsp3) is 0.235. The van der Waals surface area contributed by atoms with Crippen LogP contribution in [-0.4, -0.2) is 31.6 Å². The van der Waals surface area contributed by atoms with Gasteiger partial charge in [0.1, 0.15) is 0 Å². The van der Waals surface area contributed by atoms with Crippen molar-refractivity contribution in [2.75, 3.05) is 20.8 Å². The number of rotatable bonds is 8. The van der Waals surface area contributed by atoms with Gasteiger partial charge in [-0.25, -0.2) is 0 Å². The van der Waals surface area contributed by atoms with Gasteiger partial charge in [-0.3, -0.25) is 14.9 Å². The number of nitro groups is 1. The van der Waals surface area contributed by atoms with E-state index in [2.05, 4.69) is 5.32 Å². The van der Waals surface area contributed by atoms with Crippen molar-refractivity contribution in [3.05, 3.63) is 55.2 Å². The molecule has 1 aromatic carbocycles. The van der Waals surface area contributed by atoms with Crippen LogP contribution in [0.25, 0.3) is 6.08 Å². The summed E-state index contributed by atoms with van der Waals surface area (Å²) in [6.45, 7) is 0.241. The van der Waals surface area contributed by atoms with Crippen LogP contribution in [0.4, 0.5) is 5.69 Å². The third-order valence-electron chi connectivity index (χ3n) is 3.47. The Kier molecular flexibility index (Phi) is 6.99. The predicted octanol–water partition coefficient (Wildman–Crippen LogP) is 3.70. The summed E-state index contributed by atoms with van der Waals surface area (Å²) < 4.78 is 10.9. The lowest BCUT2D eigenvalue weighted by atomic mass is 10.1. The highest BCUT2D eigenvalue weighted by molar-refractivity contribution is 7.17. The number of ether oxygens (including phenoxy) is 2. The molecule has 1 aromatic heterocycles. The molecule has 0 aliphatic rings. The smallest absolute Gasteiger partial charge is 0.276 e. The minimum absolute atomic E-state index is 0.0827. The molecule has 1 heterocycles. The van der Waals surface area contributed by atoms with Gasteiger partial charge in [0.2, 0.25) is 5.91 Å². The molecular weight excluding hydrogens is 380 g/mol. The van der Waals surface area contributed by atoms with E-state index < -0.39 is 4.92 Å². The van der Waals surface area contributed by atoms with Crippen LogP contribution < -0.4 is 14.8 Å². The van der Waals surface area contributed by atoms with Crippen LogP contribution in [0.1, 0.15) is 10.4 Å². The number of hydrogen-bond donors (Lipinski definition) is 1. The largest absolute Gasteiger partial charge is 0.493 e. The van der Waals surface area contributed by atoms with E-state index in [-0.39, 0.29) is 30.3 Å². The molecule has 9 heteroatoms. The molecular formula is C17H17ClN2O5S. The second-order valence-electron chi connectivity index (χ2n) is 5.11. The maximum Gasteiger partial charge on any atom is 0.276 e. The lowest BCUT2D eigenvalue weighted by Gasteiger charge is -2.10. The van der Waals surface area contributed by atoms with Crippen LogP contribution in [-0.2, 0) is 11.2 Å². The van der Waals surface area contributed by atoms with Crippen molar-refractivity contribution in [1.82, 2.24) is 5.32 Å². The molecule has 1 N–H and O–H groups in total. The molecule has 2 aromatic rings. The molecule has 7 nitrogen and oxygen atoms in total. The van der Waals surface area contributed by atoms with E-state index in [0.717, 1.165) is 4.88 Å². The third-order valence-corrected chi connectivity index (χ3v) is 4.66. The first-order chi connectivity index (χ1) is 12.4. The number of nitrogens with one attached hydrogen (secondary N) is 1. The van der Waals surface area contributed by atoms with Crippen molar-refractivity contribution in [2.24, 2.45) is 0 Å². The molecule has 0 atom stereocenters. The number of benzene rings is 1. The van der Waals surface area contributed by atoms with Crippen molar-refractivity contribution >= 4 is 40.6 Å². The number of nitrogens with zero attached hydrogens (tertiary/aromatic N) is 1. The normalized spacial score (nSPS) is 10.7. The zero-order chi connectivity index (χ0) is 19.1. The van der Waals surface area contributed by atoms with Crippen molar-refractivity contribution in [1.29, 1.82) is 0 Å². The quantitative estimate of drug-likeness (QED) is 0.417.